The Morgan fingerprint density at radius 2 is 1.84 bits per heavy atom. The number of carbonyl (C=O) groups is 2. The second-order valence-electron chi connectivity index (χ2n) is 7.01. The van der Waals surface area contributed by atoms with Gasteiger partial charge in [0.25, 0.3) is 5.91 Å². The van der Waals surface area contributed by atoms with Crippen LogP contribution in [0.4, 0.5) is 5.00 Å². The maximum atomic E-state index is 12.8. The Hall–Kier alpha value is -3.33. The van der Waals surface area contributed by atoms with E-state index >= 15 is 0 Å². The van der Waals surface area contributed by atoms with Crippen molar-refractivity contribution in [1.82, 2.24) is 5.16 Å². The van der Waals surface area contributed by atoms with Crippen LogP contribution in [0, 0.1) is 0 Å². The van der Waals surface area contributed by atoms with Crippen LogP contribution in [0.25, 0.3) is 11.3 Å². The molecule has 1 amide bonds. The van der Waals surface area contributed by atoms with Gasteiger partial charge in [-0.1, -0.05) is 5.16 Å². The molecule has 0 fully saturated rings. The third-order valence-electron chi connectivity index (χ3n) is 5.20. The van der Waals surface area contributed by atoms with Gasteiger partial charge in [-0.05, 0) is 49.4 Å². The summed E-state index contributed by atoms with van der Waals surface area (Å²) >= 11 is 1.42. The number of rotatable bonds is 6. The Balaban J connectivity index is 1.59. The van der Waals surface area contributed by atoms with Crippen molar-refractivity contribution in [1.29, 1.82) is 0 Å². The molecular formula is C22H22N2O6S. The summed E-state index contributed by atoms with van der Waals surface area (Å²) in [6.45, 7) is 0. The minimum Gasteiger partial charge on any atom is -0.493 e. The SMILES string of the molecule is COC(=O)c1c(NC(=O)c2cc(-c3ccc(OC)c(OC)c3)on2)sc2c1CCCC2. The topological polar surface area (TPSA) is 99.9 Å². The van der Waals surface area contributed by atoms with Gasteiger partial charge in [-0.3, -0.25) is 4.79 Å². The van der Waals surface area contributed by atoms with E-state index in [9.17, 15) is 9.59 Å². The molecule has 0 unspecified atom stereocenters. The molecule has 0 aliphatic heterocycles. The fraction of sp³-hybridized carbons (Fsp3) is 0.318. The number of ether oxygens (including phenoxy) is 3. The number of carbonyl (C=O) groups excluding carboxylic acids is 2. The van der Waals surface area contributed by atoms with Crippen LogP contribution in [0.3, 0.4) is 0 Å². The fourth-order valence-corrected chi connectivity index (χ4v) is 4.92. The molecule has 2 heterocycles. The van der Waals surface area contributed by atoms with Crippen molar-refractivity contribution in [3.8, 4) is 22.8 Å². The molecular weight excluding hydrogens is 420 g/mol. The van der Waals surface area contributed by atoms with E-state index in [0.717, 1.165) is 36.1 Å². The molecule has 0 bridgehead atoms. The van der Waals surface area contributed by atoms with E-state index in [-0.39, 0.29) is 5.69 Å². The summed E-state index contributed by atoms with van der Waals surface area (Å²) in [7, 11) is 4.44. The van der Waals surface area contributed by atoms with Crippen LogP contribution in [0.1, 0.15) is 44.1 Å². The molecule has 1 aromatic carbocycles. The second-order valence-corrected chi connectivity index (χ2v) is 8.11. The number of anilines is 1. The van der Waals surface area contributed by atoms with Crippen molar-refractivity contribution >= 4 is 28.2 Å². The maximum Gasteiger partial charge on any atom is 0.341 e. The number of amides is 1. The van der Waals surface area contributed by atoms with E-state index < -0.39 is 11.9 Å². The Morgan fingerprint density at radius 1 is 1.06 bits per heavy atom. The van der Waals surface area contributed by atoms with E-state index in [1.165, 1.54) is 18.4 Å². The summed E-state index contributed by atoms with van der Waals surface area (Å²) < 4.78 is 20.9. The number of aromatic nitrogens is 1. The van der Waals surface area contributed by atoms with Gasteiger partial charge in [0.2, 0.25) is 0 Å². The lowest BCUT2D eigenvalue weighted by atomic mass is 9.95. The first-order chi connectivity index (χ1) is 15.0. The van der Waals surface area contributed by atoms with Crippen LogP contribution in [-0.4, -0.2) is 38.4 Å². The first-order valence-corrected chi connectivity index (χ1v) is 10.6. The van der Waals surface area contributed by atoms with Gasteiger partial charge in [-0.2, -0.15) is 0 Å². The highest BCUT2D eigenvalue weighted by molar-refractivity contribution is 7.17. The molecule has 9 heteroatoms. The van der Waals surface area contributed by atoms with E-state index in [4.69, 9.17) is 18.7 Å². The number of esters is 1. The predicted molar refractivity (Wildman–Crippen MR) is 115 cm³/mol. The zero-order valence-corrected chi connectivity index (χ0v) is 18.3. The minimum atomic E-state index is -0.459. The normalized spacial score (nSPS) is 12.7. The van der Waals surface area contributed by atoms with Crippen molar-refractivity contribution in [2.24, 2.45) is 0 Å². The van der Waals surface area contributed by atoms with Crippen molar-refractivity contribution in [3.63, 3.8) is 0 Å². The summed E-state index contributed by atoms with van der Waals surface area (Å²) in [6, 6.07) is 6.81. The number of hydrogen-bond acceptors (Lipinski definition) is 8. The average Bonchev–Trinajstić information content (AvgIpc) is 3.43. The van der Waals surface area contributed by atoms with Gasteiger partial charge in [0.15, 0.2) is 23.0 Å². The van der Waals surface area contributed by atoms with E-state index in [2.05, 4.69) is 10.5 Å². The third-order valence-corrected chi connectivity index (χ3v) is 6.41. The number of fused-ring (bicyclic) bond motifs is 1. The fourth-order valence-electron chi connectivity index (χ4n) is 3.65. The molecule has 8 nitrogen and oxygen atoms in total. The Morgan fingerprint density at radius 3 is 2.58 bits per heavy atom. The van der Waals surface area contributed by atoms with E-state index in [0.29, 0.717) is 33.4 Å². The smallest absolute Gasteiger partial charge is 0.341 e. The number of aryl methyl sites for hydroxylation is 1. The molecule has 162 valence electrons. The highest BCUT2D eigenvalue weighted by atomic mass is 32.1. The predicted octanol–water partition coefficient (Wildman–Crippen LogP) is 4.34. The van der Waals surface area contributed by atoms with Crippen LogP contribution in [0.15, 0.2) is 28.8 Å². The number of nitrogens with one attached hydrogen (secondary N) is 1. The van der Waals surface area contributed by atoms with Gasteiger partial charge >= 0.3 is 5.97 Å². The number of benzene rings is 1. The van der Waals surface area contributed by atoms with Gasteiger partial charge in [-0.25, -0.2) is 4.79 Å². The molecule has 0 saturated carbocycles. The number of hydrogen-bond donors (Lipinski definition) is 1. The molecule has 0 spiro atoms. The quantitative estimate of drug-likeness (QED) is 0.567. The third kappa shape index (κ3) is 4.00. The van der Waals surface area contributed by atoms with Crippen LogP contribution in [0.5, 0.6) is 11.5 Å². The number of thiophene rings is 1. The van der Waals surface area contributed by atoms with Crippen molar-refractivity contribution in [2.45, 2.75) is 25.7 Å². The molecule has 0 saturated heterocycles. The molecule has 0 radical (unpaired) electrons. The van der Waals surface area contributed by atoms with E-state index in [1.54, 1.807) is 38.5 Å². The van der Waals surface area contributed by atoms with Crippen LogP contribution in [-0.2, 0) is 17.6 Å². The molecule has 1 N–H and O–H groups in total. The monoisotopic (exact) mass is 442 g/mol. The summed E-state index contributed by atoms with van der Waals surface area (Å²) in [6.07, 6.45) is 3.78. The molecule has 3 aromatic rings. The molecule has 1 aliphatic rings. The molecule has 4 rings (SSSR count). The lowest BCUT2D eigenvalue weighted by Crippen LogP contribution is -2.15. The zero-order valence-electron chi connectivity index (χ0n) is 17.4. The van der Waals surface area contributed by atoms with Crippen LogP contribution < -0.4 is 14.8 Å². The van der Waals surface area contributed by atoms with Crippen molar-refractivity contribution < 1.29 is 28.3 Å². The highest BCUT2D eigenvalue weighted by Crippen LogP contribution is 2.39. The molecule has 1 aliphatic carbocycles. The summed E-state index contributed by atoms with van der Waals surface area (Å²) in [4.78, 5) is 26.3. The van der Waals surface area contributed by atoms with Crippen molar-refractivity contribution in [2.75, 3.05) is 26.6 Å². The van der Waals surface area contributed by atoms with E-state index in [1.807, 2.05) is 0 Å². The van der Waals surface area contributed by atoms with Gasteiger partial charge in [-0.15, -0.1) is 11.3 Å². The van der Waals surface area contributed by atoms with Gasteiger partial charge in [0.05, 0.1) is 26.9 Å². The lowest BCUT2D eigenvalue weighted by Gasteiger charge is -2.11. The molecule has 2 aromatic heterocycles. The van der Waals surface area contributed by atoms with Gasteiger partial charge in [0, 0.05) is 16.5 Å². The Bertz CT molecular complexity index is 1130. The number of methoxy groups -OCH3 is 3. The Kier molecular flexibility index (Phi) is 5.94. The first-order valence-electron chi connectivity index (χ1n) is 9.79. The second kappa shape index (κ2) is 8.81. The molecule has 31 heavy (non-hydrogen) atoms. The largest absolute Gasteiger partial charge is 0.493 e. The summed E-state index contributed by atoms with van der Waals surface area (Å²) in [5, 5.41) is 7.19. The molecule has 0 atom stereocenters. The van der Waals surface area contributed by atoms with Gasteiger partial charge in [0.1, 0.15) is 5.00 Å². The summed E-state index contributed by atoms with van der Waals surface area (Å²) in [5.41, 5.74) is 2.21. The zero-order chi connectivity index (χ0) is 22.0. The minimum absolute atomic E-state index is 0.104. The average molecular weight is 442 g/mol. The summed E-state index contributed by atoms with van der Waals surface area (Å²) in [5.74, 6) is 0.625. The van der Waals surface area contributed by atoms with Crippen molar-refractivity contribution in [3.05, 3.63) is 46.0 Å². The standard InChI is InChI=1S/C22H22N2O6S/c1-27-15-9-8-12(10-17(15)28-2)16-11-14(24-30-16)20(25)23-21-19(22(26)29-3)13-6-4-5-7-18(13)31-21/h8-11H,4-7H2,1-3H3,(H,23,25). The Labute approximate surface area is 183 Å². The maximum absolute atomic E-state index is 12.8. The number of nitrogens with zero attached hydrogens (tertiary/aromatic N) is 1. The first kappa shape index (κ1) is 20.9. The van der Waals surface area contributed by atoms with Crippen LogP contribution >= 0.6 is 11.3 Å². The highest BCUT2D eigenvalue weighted by Gasteiger charge is 2.27. The van der Waals surface area contributed by atoms with Crippen LogP contribution in [0.2, 0.25) is 0 Å². The van der Waals surface area contributed by atoms with Gasteiger partial charge < -0.3 is 24.1 Å². The lowest BCUT2D eigenvalue weighted by molar-refractivity contribution is 0.0601.